The highest BCUT2D eigenvalue weighted by Crippen LogP contribution is 2.30. The van der Waals surface area contributed by atoms with Gasteiger partial charge in [0.1, 0.15) is 18.3 Å². The van der Waals surface area contributed by atoms with Crippen LogP contribution in [0.15, 0.2) is 35.2 Å². The summed E-state index contributed by atoms with van der Waals surface area (Å²) in [5, 5.41) is 10.3. The average molecular weight is 480 g/mol. The summed E-state index contributed by atoms with van der Waals surface area (Å²) in [5.41, 5.74) is 2.40. The highest BCUT2D eigenvalue weighted by Gasteiger charge is 2.48. The zero-order valence-corrected chi connectivity index (χ0v) is 18.8. The molecule has 4 heterocycles. The molecule has 2 fully saturated rings. The van der Waals surface area contributed by atoms with Crippen molar-refractivity contribution in [2.75, 3.05) is 19.5 Å². The molecule has 0 bridgehead atoms. The molecule has 3 aromatic rings. The van der Waals surface area contributed by atoms with E-state index in [2.05, 4.69) is 15.0 Å². The number of hydrogen-bond acceptors (Lipinski definition) is 8. The Hall–Kier alpha value is -2.24. The van der Waals surface area contributed by atoms with Crippen LogP contribution < -0.4 is 4.74 Å². The lowest BCUT2D eigenvalue weighted by Gasteiger charge is -2.15. The molecule has 1 aromatic carbocycles. The Bertz CT molecular complexity index is 1260. The van der Waals surface area contributed by atoms with Crippen molar-refractivity contribution in [2.45, 2.75) is 42.2 Å². The number of hydrogen-bond donors (Lipinski definition) is 2. The van der Waals surface area contributed by atoms with Crippen molar-refractivity contribution in [3.05, 3.63) is 46.6 Å². The Morgan fingerprint density at radius 2 is 1.97 bits per heavy atom. The van der Waals surface area contributed by atoms with Gasteiger partial charge in [-0.05, 0) is 30.5 Å². The molecule has 2 aliphatic heterocycles. The number of aliphatic hydroxyl groups excluding tert-OH is 1. The van der Waals surface area contributed by atoms with Crippen LogP contribution in [0.4, 0.5) is 0 Å². The van der Waals surface area contributed by atoms with Crippen LogP contribution in [0.2, 0.25) is 5.02 Å². The van der Waals surface area contributed by atoms with Gasteiger partial charge in [0.05, 0.1) is 34.3 Å². The van der Waals surface area contributed by atoms with Crippen LogP contribution in [0.3, 0.4) is 0 Å². The molecule has 0 amide bonds. The normalized spacial score (nSPS) is 25.3. The second kappa shape index (κ2) is 8.27. The lowest BCUT2D eigenvalue weighted by Crippen LogP contribution is -2.34. The molecule has 2 N–H and O–H groups in total. The van der Waals surface area contributed by atoms with E-state index in [1.54, 1.807) is 24.3 Å². The number of ether oxygens (including phenoxy) is 3. The number of fused-ring (bicyclic) bond motifs is 2. The number of rotatable bonds is 6. The maximum Gasteiger partial charge on any atom is 0.296 e. The Labute approximate surface area is 189 Å². The molecule has 0 unspecified atom stereocenters. The minimum Gasteiger partial charge on any atom is -0.456 e. The number of benzene rings is 1. The minimum absolute atomic E-state index is 0.221. The Morgan fingerprint density at radius 3 is 2.78 bits per heavy atom. The third-order valence-electron chi connectivity index (χ3n) is 5.73. The van der Waals surface area contributed by atoms with Crippen LogP contribution in [0.1, 0.15) is 11.3 Å². The summed E-state index contributed by atoms with van der Waals surface area (Å²) in [6.45, 7) is 0.515. The average Bonchev–Trinajstić information content (AvgIpc) is 3.43. The number of H-pyrrole nitrogens is 1. The van der Waals surface area contributed by atoms with Gasteiger partial charge in [0.2, 0.25) is 0 Å². The van der Waals surface area contributed by atoms with Crippen molar-refractivity contribution in [2.24, 2.45) is 0 Å². The van der Waals surface area contributed by atoms with Gasteiger partial charge in [-0.2, -0.15) is 4.98 Å². The van der Waals surface area contributed by atoms with Crippen LogP contribution in [0.5, 0.6) is 6.01 Å². The highest BCUT2D eigenvalue weighted by atomic mass is 35.5. The second-order valence-electron chi connectivity index (χ2n) is 8.03. The summed E-state index contributed by atoms with van der Waals surface area (Å²) in [5.74, 6) is 0. The molecule has 2 saturated heterocycles. The summed E-state index contributed by atoms with van der Waals surface area (Å²) >= 11 is 6.43. The van der Waals surface area contributed by atoms with Crippen molar-refractivity contribution in [3.8, 4) is 6.01 Å². The van der Waals surface area contributed by atoms with E-state index in [0.717, 1.165) is 0 Å². The van der Waals surface area contributed by atoms with Crippen molar-refractivity contribution < 1.29 is 27.7 Å². The van der Waals surface area contributed by atoms with Crippen molar-refractivity contribution in [1.82, 2.24) is 15.0 Å². The summed E-state index contributed by atoms with van der Waals surface area (Å²) in [6.07, 6.45) is 0.343. The molecule has 32 heavy (non-hydrogen) atoms. The predicted octanol–water partition coefficient (Wildman–Crippen LogP) is 1.71. The van der Waals surface area contributed by atoms with E-state index >= 15 is 0 Å². The number of imidazole rings is 1. The summed E-state index contributed by atoms with van der Waals surface area (Å²) < 4.78 is 41.1. The number of aromatic nitrogens is 3. The van der Waals surface area contributed by atoms with E-state index in [4.69, 9.17) is 25.8 Å². The van der Waals surface area contributed by atoms with Gasteiger partial charge in [0.25, 0.3) is 6.01 Å². The first-order valence-electron chi connectivity index (χ1n) is 10.2. The smallest absolute Gasteiger partial charge is 0.296 e. The van der Waals surface area contributed by atoms with Gasteiger partial charge in [0.15, 0.2) is 21.6 Å². The molecule has 2 aromatic heterocycles. The maximum atomic E-state index is 12.0. The molecule has 5 rings (SSSR count). The largest absolute Gasteiger partial charge is 0.456 e. The first kappa shape index (κ1) is 21.6. The Kier molecular flexibility index (Phi) is 5.58. The number of aliphatic hydroxyl groups is 1. The minimum atomic E-state index is -3.32. The fraction of sp³-hybridized carbons (Fsp3) is 0.429. The summed E-state index contributed by atoms with van der Waals surface area (Å²) in [4.78, 5) is 12.3. The number of aromatic amines is 1. The van der Waals surface area contributed by atoms with E-state index < -0.39 is 22.0 Å². The lowest BCUT2D eigenvalue weighted by molar-refractivity contribution is 0.00706. The van der Waals surface area contributed by atoms with Gasteiger partial charge < -0.3 is 24.3 Å². The molecule has 11 heteroatoms. The predicted molar refractivity (Wildman–Crippen MR) is 116 cm³/mol. The van der Waals surface area contributed by atoms with Gasteiger partial charge >= 0.3 is 0 Å². The first-order chi connectivity index (χ1) is 15.3. The van der Waals surface area contributed by atoms with Gasteiger partial charge in [-0.1, -0.05) is 29.8 Å². The van der Waals surface area contributed by atoms with Crippen LogP contribution >= 0.6 is 11.6 Å². The standard InChI is InChI=1S/C21H22ClN3O6S/c1-32(27,28)17-5-3-2-4-11(17)6-7-13-12(22)8-14-20(23-13)25-21(24-14)31-16-10-30-18-15(26)9-29-19(16)18/h2-5,8,15-16,18-19,26H,6-7,9-10H2,1H3,(H,23,24,25)/t15-,16-,18-,19-/m1/s1. The van der Waals surface area contributed by atoms with E-state index in [9.17, 15) is 13.5 Å². The second-order valence-corrected chi connectivity index (χ2v) is 10.4. The fourth-order valence-corrected chi connectivity index (χ4v) is 5.40. The van der Waals surface area contributed by atoms with Gasteiger partial charge in [-0.15, -0.1) is 0 Å². The molecule has 0 aliphatic carbocycles. The van der Waals surface area contributed by atoms with Crippen LogP contribution in [0.25, 0.3) is 11.2 Å². The Balaban J connectivity index is 1.33. The molecule has 0 saturated carbocycles. The molecule has 4 atom stereocenters. The molecular formula is C21H22ClN3O6S. The van der Waals surface area contributed by atoms with E-state index in [1.165, 1.54) is 6.26 Å². The molecule has 0 spiro atoms. The number of aryl methyl sites for hydroxylation is 2. The van der Waals surface area contributed by atoms with Crippen molar-refractivity contribution in [3.63, 3.8) is 0 Å². The number of nitrogens with one attached hydrogen (secondary N) is 1. The topological polar surface area (TPSA) is 124 Å². The van der Waals surface area contributed by atoms with E-state index in [0.29, 0.717) is 51.8 Å². The fourth-order valence-electron chi connectivity index (χ4n) is 4.18. The lowest BCUT2D eigenvalue weighted by atomic mass is 10.1. The zero-order chi connectivity index (χ0) is 22.5. The van der Waals surface area contributed by atoms with Gasteiger partial charge in [-0.3, -0.25) is 0 Å². The zero-order valence-electron chi connectivity index (χ0n) is 17.2. The molecule has 2 aliphatic rings. The molecule has 170 valence electrons. The number of pyridine rings is 1. The molecule has 0 radical (unpaired) electrons. The first-order valence-corrected chi connectivity index (χ1v) is 12.5. The monoisotopic (exact) mass is 479 g/mol. The summed E-state index contributed by atoms with van der Waals surface area (Å²) in [6, 6.07) is 8.90. The number of nitrogens with zero attached hydrogens (tertiary/aromatic N) is 2. The van der Waals surface area contributed by atoms with Crippen molar-refractivity contribution in [1.29, 1.82) is 0 Å². The van der Waals surface area contributed by atoms with Crippen LogP contribution in [-0.2, 0) is 32.2 Å². The third-order valence-corrected chi connectivity index (χ3v) is 7.25. The highest BCUT2D eigenvalue weighted by molar-refractivity contribution is 7.90. The van der Waals surface area contributed by atoms with E-state index in [1.807, 2.05) is 6.07 Å². The summed E-state index contributed by atoms with van der Waals surface area (Å²) in [7, 11) is -3.32. The van der Waals surface area contributed by atoms with Crippen molar-refractivity contribution >= 4 is 32.6 Å². The van der Waals surface area contributed by atoms with Gasteiger partial charge in [0, 0.05) is 6.26 Å². The quantitative estimate of drug-likeness (QED) is 0.547. The van der Waals surface area contributed by atoms with Crippen LogP contribution in [-0.4, -0.2) is 72.4 Å². The van der Waals surface area contributed by atoms with Gasteiger partial charge in [-0.25, -0.2) is 13.4 Å². The number of halogens is 1. The maximum absolute atomic E-state index is 12.0. The van der Waals surface area contributed by atoms with Crippen LogP contribution in [0, 0.1) is 0 Å². The molecular weight excluding hydrogens is 458 g/mol. The Morgan fingerprint density at radius 1 is 1.19 bits per heavy atom. The van der Waals surface area contributed by atoms with E-state index in [-0.39, 0.29) is 24.8 Å². The third kappa shape index (κ3) is 4.08. The molecule has 9 nitrogen and oxygen atoms in total. The number of sulfone groups is 1. The SMILES string of the molecule is CS(=O)(=O)c1ccccc1CCc1nc2nc(O[C@@H]3CO[C@H]4[C@@H]3OC[C@H]4O)[nH]c2cc1Cl.